The Labute approximate surface area is 279 Å². The van der Waals surface area contributed by atoms with Crippen LogP contribution in [0.5, 0.6) is 0 Å². The summed E-state index contributed by atoms with van der Waals surface area (Å²) in [4.78, 5) is 1.57. The lowest BCUT2D eigenvalue weighted by Gasteiger charge is -2.46. The SMILES string of the molecule is CCCCCCCCCN(C[C@H](O)[C@@H](O)[C@H](O[C@H]1O[C@H](CO)[C@@H](O[C@H]2O[C@H](CO)[C@@H](O)[C@H](O)[C@H]2O)[C@H](O)[C@H]1O)[C@H](O)CO)C(=S)S. The van der Waals surface area contributed by atoms with Gasteiger partial charge >= 0.3 is 0 Å². The van der Waals surface area contributed by atoms with Crippen LogP contribution in [0, 0.1) is 0 Å². The van der Waals surface area contributed by atoms with Crippen LogP contribution >= 0.6 is 24.8 Å². The summed E-state index contributed by atoms with van der Waals surface area (Å²) in [5, 5.41) is 113. The second-order valence-corrected chi connectivity index (χ2v) is 12.9. The maximum Gasteiger partial charge on any atom is 0.187 e. The first-order valence-electron chi connectivity index (χ1n) is 15.7. The molecule has 11 N–H and O–H groups in total. The molecule has 0 saturated carbocycles. The third kappa shape index (κ3) is 11.6. The van der Waals surface area contributed by atoms with Crippen molar-refractivity contribution in [2.75, 3.05) is 32.9 Å². The molecule has 0 radical (unpaired) electrons. The quantitative estimate of drug-likeness (QED) is 0.0331. The number of thiocarbonyl (C=S) groups is 1. The van der Waals surface area contributed by atoms with Crippen LogP contribution in [-0.2, 0) is 18.9 Å². The average molecular weight is 708 g/mol. The van der Waals surface area contributed by atoms with E-state index in [0.29, 0.717) is 6.54 Å². The molecule has 0 unspecified atom stereocenters. The van der Waals surface area contributed by atoms with Crippen LogP contribution < -0.4 is 0 Å². The highest BCUT2D eigenvalue weighted by molar-refractivity contribution is 8.10. The molecule has 2 saturated heterocycles. The number of aliphatic hydroxyl groups excluding tert-OH is 11. The van der Waals surface area contributed by atoms with E-state index in [1.54, 1.807) is 4.90 Å². The summed E-state index contributed by atoms with van der Waals surface area (Å²) in [6.07, 6.45) is -17.0. The molecular formula is C28H53NO15S2. The van der Waals surface area contributed by atoms with Crippen molar-refractivity contribution in [3.05, 3.63) is 0 Å². The molecule has 0 amide bonds. The van der Waals surface area contributed by atoms with Gasteiger partial charge in [-0.2, -0.15) is 0 Å². The standard InChI is InChI=1S/C28H53NO15S2/c1-2-3-4-5-6-7-8-9-29(28(45)46)10-14(33)18(35)24(15(34)11-30)43-27-23(40)21(38)25(17(13-32)42-27)44-26-22(39)20(37)19(36)16(12-31)41-26/h14-27,30-40H,2-13H2,1H3,(H,45,46)/t14-,15+,16+,17+,18+,19+,20-,21+,22+,23+,24+,25+,26+,27+/m0/s1. The first kappa shape index (κ1) is 41.8. The zero-order chi connectivity index (χ0) is 34.6. The number of rotatable bonds is 20. The fourth-order valence-electron chi connectivity index (χ4n) is 5.40. The number of hydrogen-bond donors (Lipinski definition) is 12. The Bertz CT molecular complexity index is 864. The molecule has 16 nitrogen and oxygen atoms in total. The van der Waals surface area contributed by atoms with E-state index in [-0.39, 0.29) is 10.9 Å². The normalized spacial score (nSPS) is 34.5. The molecule has 0 aromatic carbocycles. The Morgan fingerprint density at radius 2 is 1.33 bits per heavy atom. The summed E-state index contributed by atoms with van der Waals surface area (Å²) in [5.74, 6) is 0. The molecule has 2 aliphatic heterocycles. The van der Waals surface area contributed by atoms with Crippen molar-refractivity contribution in [1.29, 1.82) is 0 Å². The van der Waals surface area contributed by atoms with Crippen LogP contribution in [0.1, 0.15) is 51.9 Å². The van der Waals surface area contributed by atoms with Gasteiger partial charge in [0.2, 0.25) is 0 Å². The van der Waals surface area contributed by atoms with Crippen LogP contribution in [0.4, 0.5) is 0 Å². The molecule has 0 aromatic heterocycles. The summed E-state index contributed by atoms with van der Waals surface area (Å²) in [6.45, 7) is -0.159. The predicted molar refractivity (Wildman–Crippen MR) is 168 cm³/mol. The van der Waals surface area contributed by atoms with E-state index >= 15 is 0 Å². The monoisotopic (exact) mass is 707 g/mol. The highest BCUT2D eigenvalue weighted by atomic mass is 32.1. The lowest BCUT2D eigenvalue weighted by molar-refractivity contribution is -0.367. The molecule has 2 fully saturated rings. The van der Waals surface area contributed by atoms with E-state index in [9.17, 15) is 56.2 Å². The maximum absolute atomic E-state index is 11.0. The third-order valence-electron chi connectivity index (χ3n) is 8.26. The summed E-state index contributed by atoms with van der Waals surface area (Å²) in [5.41, 5.74) is 0. The maximum atomic E-state index is 11.0. The van der Waals surface area contributed by atoms with Crippen molar-refractivity contribution in [1.82, 2.24) is 4.90 Å². The Morgan fingerprint density at radius 3 is 1.89 bits per heavy atom. The fraction of sp³-hybridized carbons (Fsp3) is 0.964. The van der Waals surface area contributed by atoms with Crippen molar-refractivity contribution in [2.45, 2.75) is 138 Å². The Morgan fingerprint density at radius 1 is 0.761 bits per heavy atom. The highest BCUT2D eigenvalue weighted by Gasteiger charge is 2.52. The van der Waals surface area contributed by atoms with Gasteiger partial charge in [-0.25, -0.2) is 0 Å². The molecule has 0 bridgehead atoms. The first-order valence-corrected chi connectivity index (χ1v) is 16.5. The van der Waals surface area contributed by atoms with Gasteiger partial charge in [0.15, 0.2) is 12.6 Å². The second kappa shape index (κ2) is 21.0. The van der Waals surface area contributed by atoms with Gasteiger partial charge in [-0.15, -0.1) is 12.6 Å². The number of ether oxygens (including phenoxy) is 4. The van der Waals surface area contributed by atoms with Gasteiger partial charge in [-0.05, 0) is 6.42 Å². The first-order chi connectivity index (χ1) is 21.8. The summed E-state index contributed by atoms with van der Waals surface area (Å²) in [6, 6.07) is 0. The van der Waals surface area contributed by atoms with E-state index in [1.165, 1.54) is 6.42 Å². The van der Waals surface area contributed by atoms with Gasteiger partial charge in [0.25, 0.3) is 0 Å². The lowest BCUT2D eigenvalue weighted by Crippen LogP contribution is -2.65. The van der Waals surface area contributed by atoms with E-state index in [2.05, 4.69) is 19.6 Å². The third-order valence-corrected chi connectivity index (χ3v) is 8.80. The Hall–Kier alpha value is -0.360. The van der Waals surface area contributed by atoms with E-state index in [1.807, 2.05) is 0 Å². The average Bonchev–Trinajstić information content (AvgIpc) is 3.04. The van der Waals surface area contributed by atoms with Crippen molar-refractivity contribution in [3.63, 3.8) is 0 Å². The highest BCUT2D eigenvalue weighted by Crippen LogP contribution is 2.30. The Kier molecular flexibility index (Phi) is 19.1. The zero-order valence-electron chi connectivity index (χ0n) is 25.9. The summed E-state index contributed by atoms with van der Waals surface area (Å²) >= 11 is 9.39. The number of unbranched alkanes of at least 4 members (excludes halogenated alkanes) is 6. The largest absolute Gasteiger partial charge is 0.394 e. The van der Waals surface area contributed by atoms with Crippen LogP contribution in [-0.4, -0.2) is 184 Å². The smallest absolute Gasteiger partial charge is 0.187 e. The van der Waals surface area contributed by atoms with Crippen molar-refractivity contribution in [2.24, 2.45) is 0 Å². The molecule has 272 valence electrons. The van der Waals surface area contributed by atoms with Crippen LogP contribution in [0.25, 0.3) is 0 Å². The molecule has 0 aromatic rings. The van der Waals surface area contributed by atoms with Crippen molar-refractivity contribution < 1.29 is 75.1 Å². The van der Waals surface area contributed by atoms with E-state index in [0.717, 1.165) is 38.5 Å². The second-order valence-electron chi connectivity index (χ2n) is 11.8. The molecular weight excluding hydrogens is 654 g/mol. The molecule has 14 atom stereocenters. The zero-order valence-corrected chi connectivity index (χ0v) is 27.6. The molecule has 2 aliphatic rings. The summed E-state index contributed by atoms with van der Waals surface area (Å²) < 4.78 is 22.1. The fourth-order valence-corrected chi connectivity index (χ4v) is 5.75. The number of thiol groups is 1. The van der Waals surface area contributed by atoms with Gasteiger partial charge in [-0.1, -0.05) is 57.7 Å². The van der Waals surface area contributed by atoms with Crippen LogP contribution in [0.15, 0.2) is 0 Å². The number of hydrogen-bond acceptors (Lipinski definition) is 16. The van der Waals surface area contributed by atoms with Gasteiger partial charge in [0.1, 0.15) is 77.6 Å². The van der Waals surface area contributed by atoms with Gasteiger partial charge in [0, 0.05) is 13.1 Å². The lowest BCUT2D eigenvalue weighted by atomic mass is 9.96. The van der Waals surface area contributed by atoms with E-state index < -0.39 is 106 Å². The Balaban J connectivity index is 2.08. The van der Waals surface area contributed by atoms with Gasteiger partial charge in [-0.3, -0.25) is 0 Å². The minimum absolute atomic E-state index is 0.169. The molecule has 46 heavy (non-hydrogen) atoms. The molecule has 0 aliphatic carbocycles. The minimum Gasteiger partial charge on any atom is -0.394 e. The summed E-state index contributed by atoms with van der Waals surface area (Å²) in [7, 11) is 0. The predicted octanol–water partition coefficient (Wildman–Crippen LogP) is -3.66. The van der Waals surface area contributed by atoms with Gasteiger partial charge < -0.3 is 80.0 Å². The van der Waals surface area contributed by atoms with Crippen molar-refractivity contribution >= 4 is 29.2 Å². The topological polar surface area (TPSA) is 263 Å². The van der Waals surface area contributed by atoms with Crippen molar-refractivity contribution in [3.8, 4) is 0 Å². The van der Waals surface area contributed by atoms with Gasteiger partial charge in [0.05, 0.1) is 19.8 Å². The van der Waals surface area contributed by atoms with Crippen LogP contribution in [0.2, 0.25) is 0 Å². The molecule has 2 heterocycles. The molecule has 0 spiro atoms. The van der Waals surface area contributed by atoms with E-state index in [4.69, 9.17) is 31.2 Å². The number of nitrogens with zero attached hydrogens (tertiary/aromatic N) is 1. The molecule has 18 heteroatoms. The minimum atomic E-state index is -1.98. The number of aliphatic hydroxyl groups is 11. The van der Waals surface area contributed by atoms with Crippen LogP contribution in [0.3, 0.4) is 0 Å². The molecule has 2 rings (SSSR count).